The van der Waals surface area contributed by atoms with Crippen LogP contribution in [-0.4, -0.2) is 48.1 Å². The van der Waals surface area contributed by atoms with Crippen molar-refractivity contribution in [3.63, 3.8) is 0 Å². The summed E-state index contributed by atoms with van der Waals surface area (Å²) >= 11 is 1.63. The van der Waals surface area contributed by atoms with E-state index in [1.165, 1.54) is 38.6 Å². The van der Waals surface area contributed by atoms with E-state index in [1.54, 1.807) is 17.6 Å². The largest absolute Gasteiger partial charge is 0.443 e. The maximum Gasteiger partial charge on any atom is 0.236 e. The van der Waals surface area contributed by atoms with Gasteiger partial charge in [0.15, 0.2) is 5.96 Å². The average Bonchev–Trinajstić information content (AvgIpc) is 3.45. The summed E-state index contributed by atoms with van der Waals surface area (Å²) in [5, 5.41) is 8.95. The number of likely N-dealkylation sites (tertiary alicyclic amines) is 1. The van der Waals surface area contributed by atoms with Crippen LogP contribution >= 0.6 is 35.3 Å². The minimum Gasteiger partial charge on any atom is -0.443 e. The van der Waals surface area contributed by atoms with Gasteiger partial charge in [0.2, 0.25) is 5.89 Å². The SMILES string of the molecule is CN=C(NCc1coc(-c2cccs2)n1)NC1CCN(C2CCCC2)C1.I. The van der Waals surface area contributed by atoms with Gasteiger partial charge in [-0.2, -0.15) is 0 Å². The van der Waals surface area contributed by atoms with E-state index in [9.17, 15) is 0 Å². The van der Waals surface area contributed by atoms with E-state index < -0.39 is 0 Å². The van der Waals surface area contributed by atoms with Gasteiger partial charge in [0.05, 0.1) is 17.1 Å². The minimum atomic E-state index is 0. The molecule has 0 spiro atoms. The highest BCUT2D eigenvalue weighted by atomic mass is 127. The Hall–Kier alpha value is -1.13. The lowest BCUT2D eigenvalue weighted by Gasteiger charge is -2.24. The van der Waals surface area contributed by atoms with Gasteiger partial charge in [0.25, 0.3) is 0 Å². The molecule has 27 heavy (non-hydrogen) atoms. The number of aliphatic imine (C=N–C) groups is 1. The van der Waals surface area contributed by atoms with Crippen LogP contribution in [0.25, 0.3) is 10.8 Å². The summed E-state index contributed by atoms with van der Waals surface area (Å²) in [4.78, 5) is 12.6. The number of hydrogen-bond donors (Lipinski definition) is 2. The zero-order valence-electron chi connectivity index (χ0n) is 15.7. The first kappa shape index (κ1) is 20.6. The Kier molecular flexibility index (Phi) is 7.54. The fourth-order valence-corrected chi connectivity index (χ4v) is 4.63. The van der Waals surface area contributed by atoms with Crippen LogP contribution in [0, 0.1) is 0 Å². The van der Waals surface area contributed by atoms with E-state index in [4.69, 9.17) is 4.42 Å². The van der Waals surface area contributed by atoms with Crippen molar-refractivity contribution >= 4 is 41.3 Å². The Morgan fingerprint density at radius 2 is 2.22 bits per heavy atom. The Bertz CT molecular complexity index is 726. The van der Waals surface area contributed by atoms with Crippen molar-refractivity contribution in [3.8, 4) is 10.8 Å². The van der Waals surface area contributed by atoms with Crippen LogP contribution in [-0.2, 0) is 6.54 Å². The van der Waals surface area contributed by atoms with Gasteiger partial charge in [-0.25, -0.2) is 4.98 Å². The molecule has 3 heterocycles. The van der Waals surface area contributed by atoms with Gasteiger partial charge in [0, 0.05) is 32.2 Å². The molecule has 0 aromatic carbocycles. The standard InChI is InChI=1S/C19H27N5OS.HI/c1-20-19(23-14-8-9-24(12-14)16-5-2-3-6-16)21-11-15-13-25-18(22-15)17-7-4-10-26-17;/h4,7,10,13-14,16H,2-3,5-6,8-9,11-12H2,1H3,(H2,20,21,23);1H. The van der Waals surface area contributed by atoms with Crippen molar-refractivity contribution < 1.29 is 4.42 Å². The van der Waals surface area contributed by atoms with E-state index >= 15 is 0 Å². The molecule has 1 saturated heterocycles. The van der Waals surface area contributed by atoms with E-state index in [0.29, 0.717) is 18.5 Å². The van der Waals surface area contributed by atoms with Gasteiger partial charge >= 0.3 is 0 Å². The molecule has 6 nitrogen and oxygen atoms in total. The van der Waals surface area contributed by atoms with Gasteiger partial charge in [-0.15, -0.1) is 35.3 Å². The summed E-state index contributed by atoms with van der Waals surface area (Å²) in [6.45, 7) is 2.93. The van der Waals surface area contributed by atoms with Gasteiger partial charge in [-0.3, -0.25) is 9.89 Å². The third-order valence-corrected chi connectivity index (χ3v) is 6.20. The molecule has 1 saturated carbocycles. The summed E-state index contributed by atoms with van der Waals surface area (Å²) in [6, 6.07) is 5.30. The highest BCUT2D eigenvalue weighted by Crippen LogP contribution is 2.26. The van der Waals surface area contributed by atoms with Crippen molar-refractivity contribution in [1.82, 2.24) is 20.5 Å². The Morgan fingerprint density at radius 3 is 2.96 bits per heavy atom. The fourth-order valence-electron chi connectivity index (χ4n) is 3.97. The Morgan fingerprint density at radius 1 is 1.37 bits per heavy atom. The van der Waals surface area contributed by atoms with Gasteiger partial charge in [-0.05, 0) is 30.7 Å². The molecular formula is C19H28IN5OS. The molecule has 2 aliphatic rings. The molecule has 1 aliphatic heterocycles. The predicted octanol–water partition coefficient (Wildman–Crippen LogP) is 3.70. The van der Waals surface area contributed by atoms with Crippen LogP contribution in [0.2, 0.25) is 0 Å². The molecule has 0 bridgehead atoms. The van der Waals surface area contributed by atoms with E-state index in [1.807, 2.05) is 24.6 Å². The highest BCUT2D eigenvalue weighted by Gasteiger charge is 2.30. The summed E-state index contributed by atoms with van der Waals surface area (Å²) in [5.74, 6) is 1.52. The third kappa shape index (κ3) is 5.23. The van der Waals surface area contributed by atoms with Crippen LogP contribution in [0.4, 0.5) is 0 Å². The molecule has 1 atom stereocenters. The molecule has 2 N–H and O–H groups in total. The first-order valence-electron chi connectivity index (χ1n) is 9.51. The number of aromatic nitrogens is 1. The molecule has 8 heteroatoms. The van der Waals surface area contributed by atoms with Crippen molar-refractivity contribution in [2.24, 2.45) is 4.99 Å². The van der Waals surface area contributed by atoms with Gasteiger partial charge < -0.3 is 15.1 Å². The molecule has 2 aromatic heterocycles. The van der Waals surface area contributed by atoms with Crippen LogP contribution in [0.3, 0.4) is 0 Å². The molecule has 0 amide bonds. The van der Waals surface area contributed by atoms with Crippen LogP contribution in [0.5, 0.6) is 0 Å². The smallest absolute Gasteiger partial charge is 0.236 e. The van der Waals surface area contributed by atoms with Crippen LogP contribution < -0.4 is 10.6 Å². The lowest BCUT2D eigenvalue weighted by Crippen LogP contribution is -2.45. The van der Waals surface area contributed by atoms with Crippen molar-refractivity contribution in [1.29, 1.82) is 0 Å². The number of hydrogen-bond acceptors (Lipinski definition) is 5. The fraction of sp³-hybridized carbons (Fsp3) is 0.579. The molecule has 4 rings (SSSR count). The number of nitrogens with one attached hydrogen (secondary N) is 2. The maximum atomic E-state index is 5.57. The van der Waals surface area contributed by atoms with Crippen molar-refractivity contribution in [2.75, 3.05) is 20.1 Å². The number of oxazole rings is 1. The summed E-state index contributed by atoms with van der Waals surface area (Å²) in [5.41, 5.74) is 0.885. The maximum absolute atomic E-state index is 5.57. The van der Waals surface area contributed by atoms with Crippen molar-refractivity contribution in [3.05, 3.63) is 29.5 Å². The lowest BCUT2D eigenvalue weighted by atomic mass is 10.2. The van der Waals surface area contributed by atoms with E-state index in [0.717, 1.165) is 29.1 Å². The van der Waals surface area contributed by atoms with Gasteiger partial charge in [0.1, 0.15) is 6.26 Å². The predicted molar refractivity (Wildman–Crippen MR) is 121 cm³/mol. The Balaban J connectivity index is 0.00000210. The zero-order chi connectivity index (χ0) is 17.8. The van der Waals surface area contributed by atoms with E-state index in [-0.39, 0.29) is 24.0 Å². The second-order valence-corrected chi connectivity index (χ2v) is 8.06. The zero-order valence-corrected chi connectivity index (χ0v) is 18.8. The number of nitrogens with zero attached hydrogens (tertiary/aromatic N) is 3. The number of rotatable bonds is 5. The summed E-state index contributed by atoms with van der Waals surface area (Å²) in [7, 11) is 1.82. The molecule has 0 radical (unpaired) electrons. The second-order valence-electron chi connectivity index (χ2n) is 7.11. The third-order valence-electron chi connectivity index (χ3n) is 5.35. The molecular weight excluding hydrogens is 473 g/mol. The molecule has 2 fully saturated rings. The number of halogens is 1. The number of thiophene rings is 1. The molecule has 148 valence electrons. The van der Waals surface area contributed by atoms with Gasteiger partial charge in [-0.1, -0.05) is 18.9 Å². The van der Waals surface area contributed by atoms with Crippen LogP contribution in [0.15, 0.2) is 33.2 Å². The average molecular weight is 501 g/mol. The molecule has 1 unspecified atom stereocenters. The topological polar surface area (TPSA) is 65.7 Å². The minimum absolute atomic E-state index is 0. The molecule has 1 aliphatic carbocycles. The summed E-state index contributed by atoms with van der Waals surface area (Å²) < 4.78 is 5.57. The highest BCUT2D eigenvalue weighted by molar-refractivity contribution is 14.0. The first-order chi connectivity index (χ1) is 12.8. The first-order valence-corrected chi connectivity index (χ1v) is 10.4. The van der Waals surface area contributed by atoms with Crippen LogP contribution in [0.1, 0.15) is 37.8 Å². The van der Waals surface area contributed by atoms with E-state index in [2.05, 4.69) is 25.5 Å². The summed E-state index contributed by atoms with van der Waals surface area (Å²) in [6.07, 6.45) is 8.44. The number of guanidine groups is 1. The normalized spacial score (nSPS) is 21.4. The lowest BCUT2D eigenvalue weighted by molar-refractivity contribution is 0.242. The van der Waals surface area contributed by atoms with Crippen molar-refractivity contribution in [2.45, 2.75) is 50.7 Å². The Labute approximate surface area is 181 Å². The quantitative estimate of drug-likeness (QED) is 0.372. The second kappa shape index (κ2) is 9.88. The molecule has 2 aromatic rings. The monoisotopic (exact) mass is 501 g/mol.